The molecule has 0 N–H and O–H groups in total. The second-order valence-corrected chi connectivity index (χ2v) is 8.78. The summed E-state index contributed by atoms with van der Waals surface area (Å²) in [6, 6.07) is 0. The van der Waals surface area contributed by atoms with E-state index in [9.17, 15) is 4.79 Å². The van der Waals surface area contributed by atoms with E-state index in [4.69, 9.17) is 0 Å². The van der Waals surface area contributed by atoms with Gasteiger partial charge in [-0.3, -0.25) is 4.79 Å². The first-order chi connectivity index (χ1) is 6.00. The SMILES string of the molecule is CCP1C2(C)CCC1(C)CC(=O)C2. The minimum Gasteiger partial charge on any atom is -0.300 e. The van der Waals surface area contributed by atoms with Gasteiger partial charge in [-0.25, -0.2) is 0 Å². The second-order valence-electron chi connectivity index (χ2n) is 5.13. The summed E-state index contributed by atoms with van der Waals surface area (Å²) in [5, 5.41) is 0.822. The number of carbonyl (C=O) groups is 1. The van der Waals surface area contributed by atoms with E-state index in [-0.39, 0.29) is 7.92 Å². The van der Waals surface area contributed by atoms with Crippen molar-refractivity contribution in [3.63, 3.8) is 0 Å². The minimum absolute atomic E-state index is 0.108. The number of Topliss-reactive ketones (excluding diaryl/α,β-unsaturated/α-hetero) is 1. The van der Waals surface area contributed by atoms with Gasteiger partial charge in [-0.05, 0) is 29.3 Å². The Morgan fingerprint density at radius 2 is 1.69 bits per heavy atom. The van der Waals surface area contributed by atoms with E-state index in [0.717, 1.165) is 12.8 Å². The summed E-state index contributed by atoms with van der Waals surface area (Å²) < 4.78 is 0. The van der Waals surface area contributed by atoms with Crippen LogP contribution in [-0.4, -0.2) is 22.3 Å². The van der Waals surface area contributed by atoms with Crippen molar-refractivity contribution in [2.45, 2.75) is 56.8 Å². The largest absolute Gasteiger partial charge is 0.300 e. The lowest BCUT2D eigenvalue weighted by atomic mass is 10.0. The summed E-state index contributed by atoms with van der Waals surface area (Å²) in [6.07, 6.45) is 5.67. The van der Waals surface area contributed by atoms with E-state index in [1.54, 1.807) is 0 Å². The van der Waals surface area contributed by atoms with Gasteiger partial charge in [-0.2, -0.15) is 0 Å². The fraction of sp³-hybridized carbons (Fsp3) is 0.909. The summed E-state index contributed by atoms with van der Waals surface area (Å²) in [6.45, 7) is 7.01. The highest BCUT2D eigenvalue weighted by atomic mass is 31.1. The van der Waals surface area contributed by atoms with Crippen molar-refractivity contribution in [2.24, 2.45) is 0 Å². The molecule has 0 aliphatic carbocycles. The lowest BCUT2D eigenvalue weighted by Gasteiger charge is -2.43. The molecule has 0 saturated carbocycles. The molecular formula is C11H19OP. The van der Waals surface area contributed by atoms with Crippen LogP contribution in [0.15, 0.2) is 0 Å². The Labute approximate surface area is 82.0 Å². The third-order valence-electron chi connectivity index (χ3n) is 3.98. The van der Waals surface area contributed by atoms with Crippen LogP contribution in [0.25, 0.3) is 0 Å². The first-order valence-electron chi connectivity index (χ1n) is 5.30. The maximum Gasteiger partial charge on any atom is 0.134 e. The third kappa shape index (κ3) is 1.28. The molecule has 2 bridgehead atoms. The molecule has 0 radical (unpaired) electrons. The van der Waals surface area contributed by atoms with Gasteiger partial charge in [0.1, 0.15) is 5.78 Å². The monoisotopic (exact) mass is 198 g/mol. The Bertz CT molecular complexity index is 228. The van der Waals surface area contributed by atoms with Crippen molar-refractivity contribution in [3.8, 4) is 0 Å². The molecule has 2 heteroatoms. The molecule has 0 amide bonds. The van der Waals surface area contributed by atoms with Crippen LogP contribution in [0.2, 0.25) is 0 Å². The van der Waals surface area contributed by atoms with Crippen molar-refractivity contribution < 1.29 is 4.79 Å². The van der Waals surface area contributed by atoms with Gasteiger partial charge in [0.2, 0.25) is 0 Å². The van der Waals surface area contributed by atoms with Crippen molar-refractivity contribution in [2.75, 3.05) is 6.16 Å². The molecule has 0 spiro atoms. The highest BCUT2D eigenvalue weighted by molar-refractivity contribution is 7.61. The lowest BCUT2D eigenvalue weighted by molar-refractivity contribution is -0.120. The zero-order valence-electron chi connectivity index (χ0n) is 8.89. The molecule has 13 heavy (non-hydrogen) atoms. The highest BCUT2D eigenvalue weighted by Crippen LogP contribution is 2.73. The predicted molar refractivity (Wildman–Crippen MR) is 57.7 cm³/mol. The van der Waals surface area contributed by atoms with E-state index in [0.29, 0.717) is 16.1 Å². The number of hydrogen-bond acceptors (Lipinski definition) is 1. The van der Waals surface area contributed by atoms with Crippen molar-refractivity contribution in [1.29, 1.82) is 0 Å². The van der Waals surface area contributed by atoms with E-state index in [1.165, 1.54) is 19.0 Å². The average molecular weight is 198 g/mol. The van der Waals surface area contributed by atoms with Crippen LogP contribution in [0.3, 0.4) is 0 Å². The fourth-order valence-electron chi connectivity index (χ4n) is 3.50. The summed E-state index contributed by atoms with van der Waals surface area (Å²) in [5.74, 6) is 0.523. The van der Waals surface area contributed by atoms with E-state index in [1.807, 2.05) is 0 Å². The van der Waals surface area contributed by atoms with E-state index >= 15 is 0 Å². The zero-order chi connectivity index (χ0) is 9.69. The Balaban J connectivity index is 2.35. The first-order valence-corrected chi connectivity index (χ1v) is 6.82. The van der Waals surface area contributed by atoms with Gasteiger partial charge in [0.05, 0.1) is 0 Å². The fourth-order valence-corrected chi connectivity index (χ4v) is 7.83. The quantitative estimate of drug-likeness (QED) is 0.591. The van der Waals surface area contributed by atoms with Crippen molar-refractivity contribution >= 4 is 13.7 Å². The molecule has 0 aromatic heterocycles. The van der Waals surface area contributed by atoms with Crippen LogP contribution in [0.5, 0.6) is 0 Å². The molecule has 2 rings (SSSR count). The van der Waals surface area contributed by atoms with Gasteiger partial charge in [0.25, 0.3) is 0 Å². The Morgan fingerprint density at radius 3 is 2.08 bits per heavy atom. The molecule has 1 nitrogen and oxygen atoms in total. The molecule has 2 atom stereocenters. The highest BCUT2D eigenvalue weighted by Gasteiger charge is 2.55. The standard InChI is InChI=1S/C11H19OP/c1-4-13-10(2)5-6-11(13,3)8-9(12)7-10/h4-8H2,1-3H3. The van der Waals surface area contributed by atoms with Gasteiger partial charge in [-0.15, -0.1) is 0 Å². The van der Waals surface area contributed by atoms with Gasteiger partial charge in [0, 0.05) is 12.8 Å². The molecular weight excluding hydrogens is 179 g/mol. The normalized spacial score (nSPS) is 49.8. The molecule has 0 aromatic carbocycles. The van der Waals surface area contributed by atoms with E-state index in [2.05, 4.69) is 20.8 Å². The lowest BCUT2D eigenvalue weighted by Crippen LogP contribution is -2.35. The Kier molecular flexibility index (Phi) is 2.07. The molecule has 2 aliphatic heterocycles. The number of rotatable bonds is 1. The van der Waals surface area contributed by atoms with Gasteiger partial charge >= 0.3 is 0 Å². The molecule has 74 valence electrons. The van der Waals surface area contributed by atoms with Crippen LogP contribution >= 0.6 is 7.92 Å². The minimum atomic E-state index is 0.108. The molecule has 2 unspecified atom stereocenters. The smallest absolute Gasteiger partial charge is 0.134 e. The van der Waals surface area contributed by atoms with Gasteiger partial charge < -0.3 is 0 Å². The average Bonchev–Trinajstić information content (AvgIpc) is 2.15. The third-order valence-corrected chi connectivity index (χ3v) is 7.98. The van der Waals surface area contributed by atoms with Crippen LogP contribution < -0.4 is 0 Å². The zero-order valence-corrected chi connectivity index (χ0v) is 9.79. The van der Waals surface area contributed by atoms with Gasteiger partial charge in [0.15, 0.2) is 0 Å². The van der Waals surface area contributed by atoms with Crippen molar-refractivity contribution in [1.82, 2.24) is 0 Å². The number of ketones is 1. The summed E-state index contributed by atoms with van der Waals surface area (Å²) in [4.78, 5) is 11.6. The molecule has 2 aliphatic rings. The maximum atomic E-state index is 11.6. The summed E-state index contributed by atoms with van der Waals surface area (Å²) >= 11 is 0. The molecule has 2 fully saturated rings. The van der Waals surface area contributed by atoms with Gasteiger partial charge in [-0.1, -0.05) is 28.7 Å². The Hall–Kier alpha value is 0.100. The maximum absolute atomic E-state index is 11.6. The van der Waals surface area contributed by atoms with Crippen LogP contribution in [0.4, 0.5) is 0 Å². The molecule has 2 saturated heterocycles. The van der Waals surface area contributed by atoms with Crippen LogP contribution in [-0.2, 0) is 4.79 Å². The van der Waals surface area contributed by atoms with E-state index < -0.39 is 0 Å². The first kappa shape index (κ1) is 9.65. The number of fused-ring (bicyclic) bond motifs is 2. The number of carbonyl (C=O) groups excluding carboxylic acids is 1. The topological polar surface area (TPSA) is 17.1 Å². The summed E-state index contributed by atoms with van der Waals surface area (Å²) in [7, 11) is 0.108. The molecule has 0 aromatic rings. The Morgan fingerprint density at radius 1 is 1.23 bits per heavy atom. The van der Waals surface area contributed by atoms with Crippen molar-refractivity contribution in [3.05, 3.63) is 0 Å². The molecule has 2 heterocycles. The predicted octanol–water partition coefficient (Wildman–Crippen LogP) is 3.16. The summed E-state index contributed by atoms with van der Waals surface area (Å²) in [5.41, 5.74) is 0. The van der Waals surface area contributed by atoms with Crippen LogP contribution in [0.1, 0.15) is 46.5 Å². The van der Waals surface area contributed by atoms with Crippen LogP contribution in [0, 0.1) is 0 Å². The number of hydrogen-bond donors (Lipinski definition) is 0. The second kappa shape index (κ2) is 2.79.